The number of thioether (sulfide) groups is 2. The van der Waals surface area contributed by atoms with Gasteiger partial charge in [0.2, 0.25) is 0 Å². The minimum atomic E-state index is 0.662. The quantitative estimate of drug-likeness (QED) is 0.684. The van der Waals surface area contributed by atoms with Gasteiger partial charge >= 0.3 is 0 Å². The van der Waals surface area contributed by atoms with E-state index in [1.165, 1.54) is 37.2 Å². The number of hydrogen-bond acceptors (Lipinski definition) is 2. The van der Waals surface area contributed by atoms with Crippen molar-refractivity contribution in [3.8, 4) is 0 Å². The van der Waals surface area contributed by atoms with E-state index in [4.69, 9.17) is 0 Å². The Kier molecular flexibility index (Phi) is 3.19. The molecule has 2 rings (SSSR count). The Morgan fingerprint density at radius 1 is 1.15 bits per heavy atom. The molecular weight excluding hydrogens is 196 g/mol. The lowest BCUT2D eigenvalue weighted by Crippen LogP contribution is -2.21. The fourth-order valence-corrected chi connectivity index (χ4v) is 6.74. The first-order chi connectivity index (χ1) is 6.30. The highest BCUT2D eigenvalue weighted by Gasteiger charge is 2.48. The second kappa shape index (κ2) is 4.06. The molecule has 0 N–H and O–H groups in total. The molecule has 2 unspecified atom stereocenters. The van der Waals surface area contributed by atoms with E-state index in [0.717, 1.165) is 11.8 Å². The van der Waals surface area contributed by atoms with Crippen LogP contribution in [0.4, 0.5) is 0 Å². The van der Waals surface area contributed by atoms with E-state index in [0.29, 0.717) is 4.08 Å². The van der Waals surface area contributed by atoms with Gasteiger partial charge in [-0.25, -0.2) is 0 Å². The Morgan fingerprint density at radius 3 is 2.38 bits per heavy atom. The zero-order chi connectivity index (χ0) is 9.31. The molecule has 0 amide bonds. The Labute approximate surface area is 90.6 Å². The van der Waals surface area contributed by atoms with E-state index >= 15 is 0 Å². The van der Waals surface area contributed by atoms with Crippen molar-refractivity contribution in [3.63, 3.8) is 0 Å². The smallest absolute Gasteiger partial charge is 0.0642 e. The molecule has 1 spiro atoms. The summed E-state index contributed by atoms with van der Waals surface area (Å²) in [5.74, 6) is 4.84. The summed E-state index contributed by atoms with van der Waals surface area (Å²) in [4.78, 5) is 0. The molecule has 76 valence electrons. The summed E-state index contributed by atoms with van der Waals surface area (Å²) in [5, 5.41) is 0. The van der Waals surface area contributed by atoms with Gasteiger partial charge in [-0.3, -0.25) is 0 Å². The van der Waals surface area contributed by atoms with Crippen molar-refractivity contribution >= 4 is 23.5 Å². The van der Waals surface area contributed by atoms with Crippen LogP contribution in [-0.2, 0) is 0 Å². The van der Waals surface area contributed by atoms with Crippen molar-refractivity contribution in [1.82, 2.24) is 0 Å². The molecule has 2 atom stereocenters. The Morgan fingerprint density at radius 2 is 1.85 bits per heavy atom. The average molecular weight is 216 g/mol. The van der Waals surface area contributed by atoms with Crippen molar-refractivity contribution in [1.29, 1.82) is 0 Å². The summed E-state index contributed by atoms with van der Waals surface area (Å²) in [6, 6.07) is 0. The zero-order valence-electron chi connectivity index (χ0n) is 8.71. The summed E-state index contributed by atoms with van der Waals surface area (Å²) < 4.78 is 0.662. The van der Waals surface area contributed by atoms with Crippen LogP contribution in [0.25, 0.3) is 0 Å². The predicted molar refractivity (Wildman–Crippen MR) is 64.4 cm³/mol. The fourth-order valence-electron chi connectivity index (χ4n) is 2.85. The van der Waals surface area contributed by atoms with Gasteiger partial charge in [0, 0.05) is 11.5 Å². The third-order valence-electron chi connectivity index (χ3n) is 3.66. The lowest BCUT2D eigenvalue weighted by molar-refractivity contribution is 0.469. The van der Waals surface area contributed by atoms with Gasteiger partial charge in [0.15, 0.2) is 0 Å². The summed E-state index contributed by atoms with van der Waals surface area (Å²) in [6.45, 7) is 4.74. The molecule has 13 heavy (non-hydrogen) atoms. The standard InChI is InChI=1S/C11H20S2/c1-3-9-7-10(4-2)11(8-9)12-5-6-13-11/h9-10H,3-8H2,1-2H3. The van der Waals surface area contributed by atoms with Crippen LogP contribution < -0.4 is 0 Å². The highest BCUT2D eigenvalue weighted by Crippen LogP contribution is 2.60. The highest BCUT2D eigenvalue weighted by atomic mass is 32.2. The summed E-state index contributed by atoms with van der Waals surface area (Å²) in [7, 11) is 0. The first kappa shape index (κ1) is 10.2. The normalized spacial score (nSPS) is 37.4. The number of rotatable bonds is 2. The van der Waals surface area contributed by atoms with Gasteiger partial charge in [0.1, 0.15) is 0 Å². The molecule has 0 aromatic rings. The Bertz CT molecular complexity index is 173. The average Bonchev–Trinajstić information content (AvgIpc) is 2.74. The maximum atomic E-state index is 2.38. The Balaban J connectivity index is 2.08. The third kappa shape index (κ3) is 1.77. The van der Waals surface area contributed by atoms with Crippen molar-refractivity contribution in [2.45, 2.75) is 43.6 Å². The van der Waals surface area contributed by atoms with Gasteiger partial charge in [-0.1, -0.05) is 26.7 Å². The molecule has 0 aromatic heterocycles. The van der Waals surface area contributed by atoms with Crippen molar-refractivity contribution in [2.24, 2.45) is 11.8 Å². The second-order valence-electron chi connectivity index (χ2n) is 4.33. The maximum Gasteiger partial charge on any atom is 0.0642 e. The molecule has 0 radical (unpaired) electrons. The van der Waals surface area contributed by atoms with E-state index in [9.17, 15) is 0 Å². The van der Waals surface area contributed by atoms with Crippen LogP contribution in [-0.4, -0.2) is 15.6 Å². The molecule has 1 heterocycles. The lowest BCUT2D eigenvalue weighted by atomic mass is 10.0. The zero-order valence-corrected chi connectivity index (χ0v) is 10.3. The molecule has 1 aliphatic heterocycles. The van der Waals surface area contributed by atoms with Gasteiger partial charge in [-0.15, -0.1) is 23.5 Å². The van der Waals surface area contributed by atoms with Crippen LogP contribution in [0.2, 0.25) is 0 Å². The molecular formula is C11H20S2. The molecule has 2 fully saturated rings. The second-order valence-corrected chi connectivity index (χ2v) is 7.44. The van der Waals surface area contributed by atoms with Crippen LogP contribution >= 0.6 is 23.5 Å². The monoisotopic (exact) mass is 216 g/mol. The van der Waals surface area contributed by atoms with Crippen LogP contribution in [0.5, 0.6) is 0 Å². The molecule has 0 aromatic carbocycles. The van der Waals surface area contributed by atoms with Crippen LogP contribution in [0.15, 0.2) is 0 Å². The lowest BCUT2D eigenvalue weighted by Gasteiger charge is -2.28. The minimum Gasteiger partial charge on any atom is -0.143 e. The van der Waals surface area contributed by atoms with Gasteiger partial charge in [-0.05, 0) is 24.7 Å². The molecule has 1 aliphatic carbocycles. The van der Waals surface area contributed by atoms with Crippen molar-refractivity contribution < 1.29 is 0 Å². The summed E-state index contributed by atoms with van der Waals surface area (Å²) in [5.41, 5.74) is 0. The first-order valence-corrected chi connectivity index (χ1v) is 7.55. The van der Waals surface area contributed by atoms with Crippen LogP contribution in [0.1, 0.15) is 39.5 Å². The van der Waals surface area contributed by atoms with E-state index < -0.39 is 0 Å². The topological polar surface area (TPSA) is 0 Å². The minimum absolute atomic E-state index is 0.662. The Hall–Kier alpha value is 0.700. The van der Waals surface area contributed by atoms with E-state index in [1.54, 1.807) is 0 Å². The SMILES string of the molecule is CCC1CC(CC)C2(C1)SCCS2. The van der Waals surface area contributed by atoms with E-state index in [2.05, 4.69) is 37.4 Å². The van der Waals surface area contributed by atoms with Gasteiger partial charge in [0.25, 0.3) is 0 Å². The maximum absolute atomic E-state index is 2.38. The third-order valence-corrected chi connectivity index (χ3v) is 7.42. The number of hydrogen-bond donors (Lipinski definition) is 0. The van der Waals surface area contributed by atoms with Crippen LogP contribution in [0, 0.1) is 11.8 Å². The van der Waals surface area contributed by atoms with Gasteiger partial charge < -0.3 is 0 Å². The summed E-state index contributed by atoms with van der Waals surface area (Å²) >= 11 is 4.53. The van der Waals surface area contributed by atoms with Crippen molar-refractivity contribution in [2.75, 3.05) is 11.5 Å². The van der Waals surface area contributed by atoms with E-state index in [1.807, 2.05) is 0 Å². The predicted octanol–water partition coefficient (Wildman–Crippen LogP) is 4.01. The first-order valence-electron chi connectivity index (χ1n) is 5.58. The van der Waals surface area contributed by atoms with Crippen molar-refractivity contribution in [3.05, 3.63) is 0 Å². The molecule has 1 saturated heterocycles. The molecule has 1 saturated carbocycles. The molecule has 2 aliphatic rings. The van der Waals surface area contributed by atoms with E-state index in [-0.39, 0.29) is 0 Å². The van der Waals surface area contributed by atoms with Gasteiger partial charge in [-0.2, -0.15) is 0 Å². The van der Waals surface area contributed by atoms with Crippen LogP contribution in [0.3, 0.4) is 0 Å². The summed E-state index contributed by atoms with van der Waals surface area (Å²) in [6.07, 6.45) is 5.81. The van der Waals surface area contributed by atoms with Gasteiger partial charge in [0.05, 0.1) is 4.08 Å². The molecule has 0 nitrogen and oxygen atoms in total. The molecule has 2 heteroatoms. The highest BCUT2D eigenvalue weighted by molar-refractivity contribution is 8.21. The molecule has 0 bridgehead atoms. The largest absolute Gasteiger partial charge is 0.143 e. The fraction of sp³-hybridized carbons (Fsp3) is 1.00.